The SMILES string of the molecule is O=C(CCN1C(=O)NC2(CCCCC2)C1=O)NCCCn1cnc2ccccc21. The third-order valence-electron chi connectivity index (χ3n) is 5.94. The lowest BCUT2D eigenvalue weighted by Gasteiger charge is -2.30. The Bertz CT molecular complexity index is 916. The summed E-state index contributed by atoms with van der Waals surface area (Å²) in [6.45, 7) is 1.43. The molecule has 0 unspecified atom stereocenters. The molecule has 2 heterocycles. The van der Waals surface area contributed by atoms with Gasteiger partial charge in [-0.05, 0) is 31.4 Å². The molecule has 8 heteroatoms. The standard InChI is InChI=1S/C21H27N5O3/c27-18(22-12-6-13-25-15-23-16-7-2-3-8-17(16)25)9-14-26-19(28)21(24-20(26)29)10-4-1-5-11-21/h2-3,7-8,15H,1,4-6,9-14H2,(H,22,27)(H,24,29). The summed E-state index contributed by atoms with van der Waals surface area (Å²) in [5.41, 5.74) is 1.31. The molecule has 29 heavy (non-hydrogen) atoms. The number of aromatic nitrogens is 2. The zero-order valence-electron chi connectivity index (χ0n) is 16.5. The molecule has 0 radical (unpaired) electrons. The number of aryl methyl sites for hydroxylation is 1. The van der Waals surface area contributed by atoms with Gasteiger partial charge < -0.3 is 15.2 Å². The normalized spacial score (nSPS) is 18.4. The van der Waals surface area contributed by atoms with Crippen LogP contribution in [0.2, 0.25) is 0 Å². The number of nitrogens with one attached hydrogen (secondary N) is 2. The van der Waals surface area contributed by atoms with E-state index < -0.39 is 5.54 Å². The summed E-state index contributed by atoms with van der Waals surface area (Å²) in [6.07, 6.45) is 7.11. The summed E-state index contributed by atoms with van der Waals surface area (Å²) in [4.78, 5) is 42.7. The Labute approximate surface area is 169 Å². The van der Waals surface area contributed by atoms with E-state index in [1.165, 1.54) is 4.90 Å². The van der Waals surface area contributed by atoms with Gasteiger partial charge in [-0.3, -0.25) is 14.5 Å². The molecule has 2 aliphatic rings. The van der Waals surface area contributed by atoms with Gasteiger partial charge in [0, 0.05) is 26.1 Å². The van der Waals surface area contributed by atoms with Gasteiger partial charge in [-0.2, -0.15) is 0 Å². The average Bonchev–Trinajstić information content (AvgIpc) is 3.24. The Morgan fingerprint density at radius 1 is 1.14 bits per heavy atom. The monoisotopic (exact) mass is 397 g/mol. The molecular weight excluding hydrogens is 370 g/mol. The molecule has 4 rings (SSSR count). The van der Waals surface area contributed by atoms with Crippen molar-refractivity contribution in [1.82, 2.24) is 25.1 Å². The van der Waals surface area contributed by atoms with E-state index in [9.17, 15) is 14.4 Å². The van der Waals surface area contributed by atoms with Crippen molar-refractivity contribution in [3.05, 3.63) is 30.6 Å². The number of rotatable bonds is 7. The van der Waals surface area contributed by atoms with Gasteiger partial charge in [0.1, 0.15) is 5.54 Å². The minimum absolute atomic E-state index is 0.128. The lowest BCUT2D eigenvalue weighted by molar-refractivity contribution is -0.132. The Morgan fingerprint density at radius 3 is 2.76 bits per heavy atom. The highest BCUT2D eigenvalue weighted by Crippen LogP contribution is 2.33. The second kappa shape index (κ2) is 8.23. The third kappa shape index (κ3) is 3.97. The second-order valence-corrected chi connectivity index (χ2v) is 7.91. The smallest absolute Gasteiger partial charge is 0.325 e. The van der Waals surface area contributed by atoms with E-state index in [1.807, 2.05) is 30.6 Å². The molecule has 1 aliphatic heterocycles. The molecule has 2 aromatic rings. The fourth-order valence-electron chi connectivity index (χ4n) is 4.34. The van der Waals surface area contributed by atoms with E-state index in [2.05, 4.69) is 20.2 Å². The molecule has 1 aromatic carbocycles. The maximum absolute atomic E-state index is 12.7. The van der Waals surface area contributed by atoms with Gasteiger partial charge in [-0.1, -0.05) is 31.4 Å². The minimum atomic E-state index is -0.723. The fourth-order valence-corrected chi connectivity index (χ4v) is 4.34. The van der Waals surface area contributed by atoms with Crippen LogP contribution >= 0.6 is 0 Å². The van der Waals surface area contributed by atoms with E-state index >= 15 is 0 Å². The first kappa shape index (κ1) is 19.4. The first-order valence-corrected chi connectivity index (χ1v) is 10.4. The largest absolute Gasteiger partial charge is 0.356 e. The molecule has 4 amide bonds. The summed E-state index contributed by atoms with van der Waals surface area (Å²) < 4.78 is 2.07. The second-order valence-electron chi connectivity index (χ2n) is 7.91. The number of nitrogens with zero attached hydrogens (tertiary/aromatic N) is 3. The highest BCUT2D eigenvalue weighted by Gasteiger charge is 2.50. The fraction of sp³-hybridized carbons (Fsp3) is 0.524. The van der Waals surface area contributed by atoms with Crippen LogP contribution in [0.15, 0.2) is 30.6 Å². The van der Waals surface area contributed by atoms with Crippen LogP contribution in [-0.2, 0) is 16.1 Å². The van der Waals surface area contributed by atoms with Gasteiger partial charge in [0.25, 0.3) is 5.91 Å². The Morgan fingerprint density at radius 2 is 1.93 bits per heavy atom. The summed E-state index contributed by atoms with van der Waals surface area (Å²) >= 11 is 0. The first-order chi connectivity index (χ1) is 14.1. The number of hydrogen-bond acceptors (Lipinski definition) is 4. The molecule has 1 aromatic heterocycles. The van der Waals surface area contributed by atoms with Crippen molar-refractivity contribution in [2.45, 2.75) is 57.0 Å². The number of imide groups is 1. The number of carbonyl (C=O) groups excluding carboxylic acids is 3. The molecule has 1 spiro atoms. The topological polar surface area (TPSA) is 96.3 Å². The first-order valence-electron chi connectivity index (χ1n) is 10.4. The van der Waals surface area contributed by atoms with Crippen molar-refractivity contribution in [1.29, 1.82) is 0 Å². The van der Waals surface area contributed by atoms with Gasteiger partial charge >= 0.3 is 6.03 Å². The highest BCUT2D eigenvalue weighted by molar-refractivity contribution is 6.07. The summed E-state index contributed by atoms with van der Waals surface area (Å²) in [6, 6.07) is 7.58. The van der Waals surface area contributed by atoms with Crippen LogP contribution in [0.4, 0.5) is 4.79 Å². The summed E-state index contributed by atoms with van der Waals surface area (Å²) in [7, 11) is 0. The van der Waals surface area contributed by atoms with Gasteiger partial charge in [0.2, 0.25) is 5.91 Å². The number of urea groups is 1. The molecule has 154 valence electrons. The molecule has 2 N–H and O–H groups in total. The van der Waals surface area contributed by atoms with E-state index in [1.54, 1.807) is 0 Å². The molecule has 2 fully saturated rings. The van der Waals surface area contributed by atoms with Crippen LogP contribution < -0.4 is 10.6 Å². The van der Waals surface area contributed by atoms with Gasteiger partial charge in [0.05, 0.1) is 17.4 Å². The maximum atomic E-state index is 12.7. The van der Waals surface area contributed by atoms with E-state index in [0.29, 0.717) is 19.4 Å². The molecule has 0 bridgehead atoms. The van der Waals surface area contributed by atoms with Crippen LogP contribution in [0.3, 0.4) is 0 Å². The third-order valence-corrected chi connectivity index (χ3v) is 5.94. The number of imidazole rings is 1. The quantitative estimate of drug-likeness (QED) is 0.553. The highest BCUT2D eigenvalue weighted by atomic mass is 16.2. The van der Waals surface area contributed by atoms with Gasteiger partial charge in [-0.25, -0.2) is 9.78 Å². The summed E-state index contributed by atoms with van der Waals surface area (Å²) in [5.74, 6) is -0.312. The Hall–Kier alpha value is -2.90. The van der Waals surface area contributed by atoms with Crippen molar-refractivity contribution in [2.24, 2.45) is 0 Å². The molecule has 8 nitrogen and oxygen atoms in total. The van der Waals surface area contributed by atoms with Crippen molar-refractivity contribution in [2.75, 3.05) is 13.1 Å². The zero-order chi connectivity index (χ0) is 20.3. The number of amides is 4. The van der Waals surface area contributed by atoms with E-state index in [0.717, 1.165) is 43.3 Å². The number of carbonyl (C=O) groups is 3. The van der Waals surface area contributed by atoms with Crippen molar-refractivity contribution >= 4 is 28.9 Å². The molecule has 1 saturated carbocycles. The van der Waals surface area contributed by atoms with E-state index in [4.69, 9.17) is 0 Å². The molecule has 1 saturated heterocycles. The lowest BCUT2D eigenvalue weighted by Crippen LogP contribution is -2.48. The Kier molecular flexibility index (Phi) is 5.51. The average molecular weight is 397 g/mol. The predicted octanol–water partition coefficient (Wildman–Crippen LogP) is 2.19. The van der Waals surface area contributed by atoms with Crippen molar-refractivity contribution in [3.63, 3.8) is 0 Å². The van der Waals surface area contributed by atoms with Crippen LogP contribution in [-0.4, -0.2) is 50.9 Å². The molecule has 0 atom stereocenters. The lowest BCUT2D eigenvalue weighted by atomic mass is 9.82. The molecule has 1 aliphatic carbocycles. The van der Waals surface area contributed by atoms with Crippen LogP contribution in [0.25, 0.3) is 11.0 Å². The summed E-state index contributed by atoms with van der Waals surface area (Å²) in [5, 5.41) is 5.75. The van der Waals surface area contributed by atoms with Gasteiger partial charge in [-0.15, -0.1) is 0 Å². The number of para-hydroxylation sites is 2. The number of benzene rings is 1. The number of fused-ring (bicyclic) bond motifs is 1. The van der Waals surface area contributed by atoms with Crippen molar-refractivity contribution in [3.8, 4) is 0 Å². The van der Waals surface area contributed by atoms with Crippen LogP contribution in [0, 0.1) is 0 Å². The number of hydrogen-bond donors (Lipinski definition) is 2. The maximum Gasteiger partial charge on any atom is 0.325 e. The van der Waals surface area contributed by atoms with Crippen LogP contribution in [0.1, 0.15) is 44.9 Å². The van der Waals surface area contributed by atoms with Gasteiger partial charge in [0.15, 0.2) is 0 Å². The molecular formula is C21H27N5O3. The predicted molar refractivity (Wildman–Crippen MR) is 108 cm³/mol. The Balaban J connectivity index is 1.20. The van der Waals surface area contributed by atoms with E-state index in [-0.39, 0.29) is 30.8 Å². The van der Waals surface area contributed by atoms with Crippen molar-refractivity contribution < 1.29 is 14.4 Å². The zero-order valence-corrected chi connectivity index (χ0v) is 16.5. The van der Waals surface area contributed by atoms with Crippen LogP contribution in [0.5, 0.6) is 0 Å². The minimum Gasteiger partial charge on any atom is -0.356 e.